The van der Waals surface area contributed by atoms with Gasteiger partial charge in [-0.3, -0.25) is 4.79 Å². The monoisotopic (exact) mass is 408 g/mol. The number of ether oxygens (including phenoxy) is 1. The van der Waals surface area contributed by atoms with Crippen molar-refractivity contribution in [3.8, 4) is 0 Å². The molecule has 1 aliphatic heterocycles. The van der Waals surface area contributed by atoms with Crippen molar-refractivity contribution in [2.75, 3.05) is 33.8 Å². The van der Waals surface area contributed by atoms with E-state index in [0.717, 1.165) is 11.3 Å². The molecule has 1 fully saturated rings. The van der Waals surface area contributed by atoms with E-state index in [1.807, 2.05) is 23.3 Å². The number of carbonyl (C=O) groups excluding carboxylic acids is 1. The van der Waals surface area contributed by atoms with Gasteiger partial charge in [0, 0.05) is 46.6 Å². The second-order valence-electron chi connectivity index (χ2n) is 7.23. The van der Waals surface area contributed by atoms with E-state index < -0.39 is 10.0 Å². The van der Waals surface area contributed by atoms with E-state index in [1.165, 1.54) is 18.4 Å². The van der Waals surface area contributed by atoms with Gasteiger partial charge in [0.25, 0.3) is 0 Å². The fraction of sp³-hybridized carbons (Fsp3) is 0.579. The van der Waals surface area contributed by atoms with Crippen LogP contribution in [0.5, 0.6) is 0 Å². The lowest BCUT2D eigenvalue weighted by molar-refractivity contribution is -0.138. The Morgan fingerprint density at radius 3 is 2.75 bits per heavy atom. The summed E-state index contributed by atoms with van der Waals surface area (Å²) in [6.07, 6.45) is 0.955. The van der Waals surface area contributed by atoms with Crippen LogP contribution >= 0.6 is 0 Å². The second kappa shape index (κ2) is 8.18. The Morgan fingerprint density at radius 1 is 1.36 bits per heavy atom. The van der Waals surface area contributed by atoms with Crippen LogP contribution in [0, 0.1) is 0 Å². The van der Waals surface area contributed by atoms with E-state index in [-0.39, 0.29) is 16.9 Å². The van der Waals surface area contributed by atoms with Gasteiger partial charge in [-0.15, -0.1) is 0 Å². The number of hydrogen-bond acceptors (Lipinski definition) is 5. The van der Waals surface area contributed by atoms with Gasteiger partial charge < -0.3 is 14.2 Å². The molecule has 0 saturated carbocycles. The van der Waals surface area contributed by atoms with Gasteiger partial charge in [-0.25, -0.2) is 17.7 Å². The maximum Gasteiger partial charge on any atom is 0.242 e. The van der Waals surface area contributed by atoms with Crippen LogP contribution in [0.15, 0.2) is 23.1 Å². The van der Waals surface area contributed by atoms with Gasteiger partial charge >= 0.3 is 0 Å². The summed E-state index contributed by atoms with van der Waals surface area (Å²) in [6.45, 7) is 6.50. The van der Waals surface area contributed by atoms with Crippen molar-refractivity contribution in [3.63, 3.8) is 0 Å². The average molecular weight is 409 g/mol. The molecule has 1 aliphatic rings. The Morgan fingerprint density at radius 2 is 2.11 bits per heavy atom. The molecule has 0 radical (unpaired) electrons. The lowest BCUT2D eigenvalue weighted by Crippen LogP contribution is -2.44. The molecule has 0 N–H and O–H groups in total. The van der Waals surface area contributed by atoms with Gasteiger partial charge in [0.15, 0.2) is 0 Å². The SMILES string of the molecule is CCn1c(CCC(=O)N2CCOC(C)C2)nc2cc(S(=O)(=O)N(C)C)ccc21. The van der Waals surface area contributed by atoms with Crippen molar-refractivity contribution in [1.29, 1.82) is 0 Å². The minimum absolute atomic E-state index is 0.0648. The van der Waals surface area contributed by atoms with E-state index in [1.54, 1.807) is 18.2 Å². The first-order chi connectivity index (χ1) is 13.2. The summed E-state index contributed by atoms with van der Waals surface area (Å²) in [5, 5.41) is 0. The van der Waals surface area contributed by atoms with Gasteiger partial charge in [0.1, 0.15) is 5.82 Å². The van der Waals surface area contributed by atoms with Gasteiger partial charge in [0.05, 0.1) is 28.6 Å². The van der Waals surface area contributed by atoms with Crippen LogP contribution in [0.25, 0.3) is 11.0 Å². The molecule has 3 rings (SSSR count). The van der Waals surface area contributed by atoms with Crippen molar-refractivity contribution < 1.29 is 17.9 Å². The van der Waals surface area contributed by atoms with Crippen LogP contribution in [0.2, 0.25) is 0 Å². The summed E-state index contributed by atoms with van der Waals surface area (Å²) in [4.78, 5) is 19.2. The summed E-state index contributed by atoms with van der Waals surface area (Å²) < 4.78 is 33.5. The van der Waals surface area contributed by atoms with Gasteiger partial charge in [-0.1, -0.05) is 0 Å². The fourth-order valence-electron chi connectivity index (χ4n) is 3.50. The molecule has 2 heterocycles. The van der Waals surface area contributed by atoms with Crippen LogP contribution in [0.4, 0.5) is 0 Å². The number of fused-ring (bicyclic) bond motifs is 1. The molecule has 9 heteroatoms. The number of aromatic nitrogens is 2. The highest BCUT2D eigenvalue weighted by molar-refractivity contribution is 7.89. The molecule has 154 valence electrons. The van der Waals surface area contributed by atoms with Crippen LogP contribution in [0.1, 0.15) is 26.1 Å². The molecule has 0 bridgehead atoms. The van der Waals surface area contributed by atoms with Crippen molar-refractivity contribution in [2.45, 2.75) is 44.2 Å². The Labute approximate surface area is 166 Å². The summed E-state index contributed by atoms with van der Waals surface area (Å²) in [6, 6.07) is 5.00. The fourth-order valence-corrected chi connectivity index (χ4v) is 4.42. The van der Waals surface area contributed by atoms with Crippen molar-refractivity contribution in [1.82, 2.24) is 18.8 Å². The van der Waals surface area contributed by atoms with E-state index in [0.29, 0.717) is 44.6 Å². The number of nitrogens with zero attached hydrogens (tertiary/aromatic N) is 4. The zero-order valence-corrected chi connectivity index (χ0v) is 17.7. The number of amides is 1. The zero-order chi connectivity index (χ0) is 20.5. The van der Waals surface area contributed by atoms with E-state index in [2.05, 4.69) is 4.98 Å². The third-order valence-electron chi connectivity index (χ3n) is 5.05. The number of rotatable bonds is 6. The topological polar surface area (TPSA) is 84.7 Å². The highest BCUT2D eigenvalue weighted by Crippen LogP contribution is 2.23. The van der Waals surface area contributed by atoms with E-state index >= 15 is 0 Å². The lowest BCUT2D eigenvalue weighted by Gasteiger charge is -2.31. The van der Waals surface area contributed by atoms with E-state index in [9.17, 15) is 13.2 Å². The first-order valence-electron chi connectivity index (χ1n) is 9.55. The van der Waals surface area contributed by atoms with Gasteiger partial charge in [-0.2, -0.15) is 0 Å². The van der Waals surface area contributed by atoms with Crippen LogP contribution in [-0.2, 0) is 32.5 Å². The molecule has 0 spiro atoms. The molecule has 2 aromatic rings. The number of imidazole rings is 1. The maximum atomic E-state index is 12.5. The number of morpholine rings is 1. The highest BCUT2D eigenvalue weighted by Gasteiger charge is 2.23. The summed E-state index contributed by atoms with van der Waals surface area (Å²) in [5.41, 5.74) is 1.51. The maximum absolute atomic E-state index is 12.5. The molecule has 0 aliphatic carbocycles. The third-order valence-corrected chi connectivity index (χ3v) is 6.86. The molecule has 1 aromatic carbocycles. The summed E-state index contributed by atoms with van der Waals surface area (Å²) >= 11 is 0. The normalized spacial score (nSPS) is 18.2. The Balaban J connectivity index is 1.82. The lowest BCUT2D eigenvalue weighted by atomic mass is 10.2. The molecule has 1 unspecified atom stereocenters. The Kier molecular flexibility index (Phi) is 6.07. The Hall–Kier alpha value is -1.97. The standard InChI is InChI=1S/C19H28N4O4S/c1-5-23-17-7-6-15(28(25,26)21(3)4)12-16(17)20-18(23)8-9-19(24)22-10-11-27-14(2)13-22/h6-7,12,14H,5,8-11,13H2,1-4H3. The molecule has 1 atom stereocenters. The molecule has 1 aromatic heterocycles. The number of carbonyl (C=O) groups is 1. The van der Waals surface area contributed by atoms with Crippen molar-refractivity contribution >= 4 is 27.0 Å². The highest BCUT2D eigenvalue weighted by atomic mass is 32.2. The minimum atomic E-state index is -3.51. The van der Waals surface area contributed by atoms with Crippen LogP contribution in [-0.4, -0.2) is 73.0 Å². The third kappa shape index (κ3) is 4.06. The zero-order valence-electron chi connectivity index (χ0n) is 16.9. The summed E-state index contributed by atoms with van der Waals surface area (Å²) in [5.74, 6) is 0.896. The number of hydrogen-bond donors (Lipinski definition) is 0. The van der Waals surface area contributed by atoms with Crippen LogP contribution < -0.4 is 0 Å². The quantitative estimate of drug-likeness (QED) is 0.723. The smallest absolute Gasteiger partial charge is 0.242 e. The van der Waals surface area contributed by atoms with Crippen LogP contribution in [0.3, 0.4) is 0 Å². The molecule has 1 saturated heterocycles. The van der Waals surface area contributed by atoms with Gasteiger partial charge in [-0.05, 0) is 32.0 Å². The molecular formula is C19H28N4O4S. The first kappa shape index (κ1) is 20.8. The molecular weight excluding hydrogens is 380 g/mol. The number of sulfonamides is 1. The number of aryl methyl sites for hydroxylation is 2. The number of benzene rings is 1. The van der Waals surface area contributed by atoms with Crippen molar-refractivity contribution in [3.05, 3.63) is 24.0 Å². The Bertz CT molecular complexity index is 968. The van der Waals surface area contributed by atoms with Gasteiger partial charge in [0.2, 0.25) is 15.9 Å². The second-order valence-corrected chi connectivity index (χ2v) is 9.38. The molecule has 1 amide bonds. The minimum Gasteiger partial charge on any atom is -0.375 e. The van der Waals surface area contributed by atoms with E-state index in [4.69, 9.17) is 4.74 Å². The molecule has 28 heavy (non-hydrogen) atoms. The summed E-state index contributed by atoms with van der Waals surface area (Å²) in [7, 11) is -0.497. The average Bonchev–Trinajstić information content (AvgIpc) is 3.02. The predicted octanol–water partition coefficient (Wildman–Crippen LogP) is 1.49. The largest absolute Gasteiger partial charge is 0.375 e. The first-order valence-corrected chi connectivity index (χ1v) is 11.0. The predicted molar refractivity (Wildman–Crippen MR) is 107 cm³/mol. The molecule has 8 nitrogen and oxygen atoms in total. The van der Waals surface area contributed by atoms with Crippen molar-refractivity contribution in [2.24, 2.45) is 0 Å².